The van der Waals surface area contributed by atoms with Gasteiger partial charge < -0.3 is 9.80 Å². The summed E-state index contributed by atoms with van der Waals surface area (Å²) in [5.41, 5.74) is -0.340. The molecule has 3 aliphatic rings. The zero-order chi connectivity index (χ0) is 18.1. The van der Waals surface area contributed by atoms with Crippen molar-refractivity contribution in [2.24, 2.45) is 5.41 Å². The van der Waals surface area contributed by atoms with Crippen LogP contribution in [0.5, 0.6) is 0 Å². The zero-order valence-electron chi connectivity index (χ0n) is 15.3. The molecule has 2 heterocycles. The molecular weight excluding hydrogens is 331 g/mol. The van der Waals surface area contributed by atoms with Crippen molar-refractivity contribution in [2.45, 2.75) is 57.4 Å². The predicted octanol–water partition coefficient (Wildman–Crippen LogP) is 3.61. The average Bonchev–Trinajstić information content (AvgIpc) is 3.10. The van der Waals surface area contributed by atoms with Gasteiger partial charge in [-0.15, -0.1) is 0 Å². The lowest BCUT2D eigenvalue weighted by molar-refractivity contribution is -0.149. The van der Waals surface area contributed by atoms with E-state index in [0.29, 0.717) is 25.6 Å². The number of carbonyl (C=O) groups is 2. The van der Waals surface area contributed by atoms with Gasteiger partial charge in [-0.25, -0.2) is 4.39 Å². The topological polar surface area (TPSA) is 40.6 Å². The minimum atomic E-state index is -0.489. The average molecular weight is 358 g/mol. The molecule has 5 heteroatoms. The molecule has 0 radical (unpaired) electrons. The molecule has 1 saturated carbocycles. The van der Waals surface area contributed by atoms with E-state index >= 15 is 0 Å². The lowest BCUT2D eigenvalue weighted by Crippen LogP contribution is -2.54. The Balaban J connectivity index is 1.50. The van der Waals surface area contributed by atoms with Crippen molar-refractivity contribution in [2.75, 3.05) is 19.6 Å². The molecule has 0 aromatic heterocycles. The Bertz CT molecular complexity index is 701. The monoisotopic (exact) mass is 358 g/mol. The highest BCUT2D eigenvalue weighted by Gasteiger charge is 2.50. The molecule has 1 spiro atoms. The van der Waals surface area contributed by atoms with Crippen LogP contribution in [0.2, 0.25) is 0 Å². The van der Waals surface area contributed by atoms with E-state index in [2.05, 4.69) is 4.90 Å². The summed E-state index contributed by atoms with van der Waals surface area (Å²) >= 11 is 0. The van der Waals surface area contributed by atoms with E-state index in [-0.39, 0.29) is 17.4 Å². The van der Waals surface area contributed by atoms with Crippen LogP contribution in [0.4, 0.5) is 4.39 Å². The molecule has 2 amide bonds. The van der Waals surface area contributed by atoms with Crippen LogP contribution >= 0.6 is 0 Å². The van der Waals surface area contributed by atoms with E-state index in [9.17, 15) is 14.0 Å². The summed E-state index contributed by atoms with van der Waals surface area (Å²) in [5.74, 6) is -0.542. The minimum absolute atomic E-state index is 0.108. The van der Waals surface area contributed by atoms with E-state index in [4.69, 9.17) is 0 Å². The Hall–Kier alpha value is -1.91. The first-order chi connectivity index (χ1) is 12.6. The van der Waals surface area contributed by atoms with Crippen molar-refractivity contribution in [1.82, 2.24) is 9.80 Å². The van der Waals surface area contributed by atoms with Crippen molar-refractivity contribution in [3.63, 3.8) is 0 Å². The maximum Gasteiger partial charge on any atom is 0.256 e. The van der Waals surface area contributed by atoms with Gasteiger partial charge in [-0.3, -0.25) is 9.59 Å². The number of nitrogens with zero attached hydrogens (tertiary/aromatic N) is 2. The third kappa shape index (κ3) is 3.01. The van der Waals surface area contributed by atoms with Gasteiger partial charge >= 0.3 is 0 Å². The molecule has 26 heavy (non-hydrogen) atoms. The van der Waals surface area contributed by atoms with Gasteiger partial charge in [-0.1, -0.05) is 31.4 Å². The van der Waals surface area contributed by atoms with Crippen LogP contribution in [-0.2, 0) is 4.79 Å². The molecular formula is C21H27FN2O2. The number of rotatable bonds is 2. The highest BCUT2D eigenvalue weighted by atomic mass is 19.1. The summed E-state index contributed by atoms with van der Waals surface area (Å²) in [6.45, 7) is 1.83. The Kier molecular flexibility index (Phi) is 4.72. The van der Waals surface area contributed by atoms with E-state index in [0.717, 1.165) is 32.2 Å². The highest BCUT2D eigenvalue weighted by Crippen LogP contribution is 2.42. The van der Waals surface area contributed by atoms with Crippen LogP contribution in [0.15, 0.2) is 24.3 Å². The number of benzene rings is 1. The molecule has 1 atom stereocenters. The molecule has 3 fully saturated rings. The van der Waals surface area contributed by atoms with E-state index in [1.807, 2.05) is 0 Å². The van der Waals surface area contributed by atoms with Crippen molar-refractivity contribution < 1.29 is 14.0 Å². The van der Waals surface area contributed by atoms with Gasteiger partial charge in [0, 0.05) is 25.7 Å². The van der Waals surface area contributed by atoms with Crippen molar-refractivity contribution in [1.29, 1.82) is 0 Å². The van der Waals surface area contributed by atoms with Crippen molar-refractivity contribution >= 4 is 11.8 Å². The second-order valence-electron chi connectivity index (χ2n) is 8.13. The third-order valence-corrected chi connectivity index (χ3v) is 6.53. The molecule has 140 valence electrons. The minimum Gasteiger partial charge on any atom is -0.339 e. The van der Waals surface area contributed by atoms with Gasteiger partial charge in [-0.05, 0) is 44.2 Å². The summed E-state index contributed by atoms with van der Waals surface area (Å²) in [7, 11) is 0. The molecule has 0 bridgehead atoms. The van der Waals surface area contributed by atoms with Gasteiger partial charge in [0.15, 0.2) is 0 Å². The number of halogens is 1. The number of hydrogen-bond acceptors (Lipinski definition) is 2. The number of piperidine rings is 1. The van der Waals surface area contributed by atoms with Crippen LogP contribution in [0.25, 0.3) is 0 Å². The van der Waals surface area contributed by atoms with Crippen LogP contribution in [-0.4, -0.2) is 47.3 Å². The third-order valence-electron chi connectivity index (χ3n) is 6.53. The highest BCUT2D eigenvalue weighted by molar-refractivity contribution is 5.95. The van der Waals surface area contributed by atoms with Crippen LogP contribution in [0.1, 0.15) is 61.7 Å². The quantitative estimate of drug-likeness (QED) is 0.810. The maximum atomic E-state index is 14.0. The van der Waals surface area contributed by atoms with E-state index in [1.165, 1.54) is 31.4 Å². The van der Waals surface area contributed by atoms with Gasteiger partial charge in [-0.2, -0.15) is 0 Å². The van der Waals surface area contributed by atoms with Gasteiger partial charge in [0.1, 0.15) is 5.82 Å². The van der Waals surface area contributed by atoms with Gasteiger partial charge in [0.25, 0.3) is 5.91 Å². The Morgan fingerprint density at radius 2 is 1.81 bits per heavy atom. The summed E-state index contributed by atoms with van der Waals surface area (Å²) in [6, 6.07) is 6.49. The van der Waals surface area contributed by atoms with Crippen molar-refractivity contribution in [3.05, 3.63) is 35.6 Å². The fourth-order valence-electron chi connectivity index (χ4n) is 5.07. The molecule has 1 aromatic rings. The first-order valence-corrected chi connectivity index (χ1v) is 9.96. The van der Waals surface area contributed by atoms with Crippen molar-refractivity contribution in [3.8, 4) is 0 Å². The van der Waals surface area contributed by atoms with Crippen LogP contribution < -0.4 is 0 Å². The standard InChI is InChI=1S/C21H27FN2O2/c22-18-10-5-4-9-17(18)19(25)23-14-12-21(15-23)11-6-13-24(20(21)26)16-7-2-1-3-8-16/h4-5,9-10,16H,1-3,6-8,11-15H2. The molecule has 4 rings (SSSR count). The first-order valence-electron chi connectivity index (χ1n) is 9.96. The zero-order valence-corrected chi connectivity index (χ0v) is 15.3. The summed E-state index contributed by atoms with van der Waals surface area (Å²) < 4.78 is 14.0. The van der Waals surface area contributed by atoms with Gasteiger partial charge in [0.05, 0.1) is 11.0 Å². The fourth-order valence-corrected chi connectivity index (χ4v) is 5.07. The lowest BCUT2D eigenvalue weighted by atomic mass is 9.77. The maximum absolute atomic E-state index is 14.0. The molecule has 0 N–H and O–H groups in total. The molecule has 1 unspecified atom stereocenters. The largest absolute Gasteiger partial charge is 0.339 e. The number of amides is 2. The smallest absolute Gasteiger partial charge is 0.256 e. The second kappa shape index (κ2) is 7.01. The summed E-state index contributed by atoms with van der Waals surface area (Å²) in [4.78, 5) is 29.9. The summed E-state index contributed by atoms with van der Waals surface area (Å²) in [6.07, 6.45) is 8.46. The number of carbonyl (C=O) groups excluding carboxylic acids is 2. The first kappa shape index (κ1) is 17.5. The Labute approximate surface area is 154 Å². The molecule has 4 nitrogen and oxygen atoms in total. The number of hydrogen-bond donors (Lipinski definition) is 0. The molecule has 1 aromatic carbocycles. The van der Waals surface area contributed by atoms with Gasteiger partial charge in [0.2, 0.25) is 5.91 Å². The molecule has 1 aliphatic carbocycles. The van der Waals surface area contributed by atoms with E-state index in [1.54, 1.807) is 17.0 Å². The summed E-state index contributed by atoms with van der Waals surface area (Å²) in [5, 5.41) is 0. The lowest BCUT2D eigenvalue weighted by Gasteiger charge is -2.44. The van der Waals surface area contributed by atoms with E-state index < -0.39 is 11.2 Å². The second-order valence-corrected chi connectivity index (χ2v) is 8.13. The number of likely N-dealkylation sites (tertiary alicyclic amines) is 2. The Morgan fingerprint density at radius 1 is 1.04 bits per heavy atom. The fraction of sp³-hybridized carbons (Fsp3) is 0.619. The Morgan fingerprint density at radius 3 is 2.58 bits per heavy atom. The predicted molar refractivity (Wildman–Crippen MR) is 97.2 cm³/mol. The molecule has 2 aliphatic heterocycles. The molecule has 2 saturated heterocycles. The van der Waals surface area contributed by atoms with Crippen LogP contribution in [0, 0.1) is 11.2 Å². The normalized spacial score (nSPS) is 27.3. The van der Waals surface area contributed by atoms with Crippen LogP contribution in [0.3, 0.4) is 0 Å². The SMILES string of the molecule is O=C(c1ccccc1F)N1CCC2(CCCN(C3CCCCC3)C2=O)C1.